The van der Waals surface area contributed by atoms with E-state index in [0.29, 0.717) is 41.8 Å². The van der Waals surface area contributed by atoms with Crippen molar-refractivity contribution < 1.29 is 19.0 Å². The molecule has 0 saturated heterocycles. The minimum Gasteiger partial charge on any atom is -0.497 e. The molecule has 1 aromatic heterocycles. The third-order valence-electron chi connectivity index (χ3n) is 3.99. The average molecular weight is 351 g/mol. The van der Waals surface area contributed by atoms with Crippen LogP contribution in [0, 0.1) is 0 Å². The molecule has 4 rings (SSSR count). The normalized spacial score (nSPS) is 12.5. The van der Waals surface area contributed by atoms with Crippen molar-refractivity contribution in [3.05, 3.63) is 54.2 Å². The van der Waals surface area contributed by atoms with E-state index in [0.717, 1.165) is 11.3 Å². The van der Waals surface area contributed by atoms with Gasteiger partial charge in [-0.25, -0.2) is 0 Å². The van der Waals surface area contributed by atoms with Gasteiger partial charge in [-0.1, -0.05) is 12.1 Å². The van der Waals surface area contributed by atoms with Crippen LogP contribution in [0.4, 0.5) is 5.69 Å². The Morgan fingerprint density at radius 2 is 1.96 bits per heavy atom. The molecular formula is C19H17N3O4. The average Bonchev–Trinajstić information content (AvgIpc) is 3.18. The van der Waals surface area contributed by atoms with Gasteiger partial charge in [-0.3, -0.25) is 9.89 Å². The highest BCUT2D eigenvalue weighted by atomic mass is 16.6. The van der Waals surface area contributed by atoms with Crippen molar-refractivity contribution in [1.29, 1.82) is 0 Å². The van der Waals surface area contributed by atoms with Gasteiger partial charge in [-0.2, -0.15) is 5.10 Å². The quantitative estimate of drug-likeness (QED) is 0.754. The Kier molecular flexibility index (Phi) is 4.18. The van der Waals surface area contributed by atoms with Crippen molar-refractivity contribution in [2.75, 3.05) is 25.6 Å². The van der Waals surface area contributed by atoms with Crippen LogP contribution in [0.25, 0.3) is 11.3 Å². The first-order valence-corrected chi connectivity index (χ1v) is 8.14. The van der Waals surface area contributed by atoms with Crippen molar-refractivity contribution in [1.82, 2.24) is 10.2 Å². The van der Waals surface area contributed by atoms with Gasteiger partial charge in [0.1, 0.15) is 24.7 Å². The van der Waals surface area contributed by atoms with E-state index in [4.69, 9.17) is 14.2 Å². The molecular weight excluding hydrogens is 334 g/mol. The van der Waals surface area contributed by atoms with Gasteiger partial charge in [0.15, 0.2) is 11.5 Å². The topological polar surface area (TPSA) is 85.5 Å². The number of fused-ring (bicyclic) bond motifs is 1. The molecule has 7 nitrogen and oxygen atoms in total. The summed E-state index contributed by atoms with van der Waals surface area (Å²) in [5.74, 6) is 1.74. The van der Waals surface area contributed by atoms with Crippen molar-refractivity contribution >= 4 is 11.6 Å². The predicted molar refractivity (Wildman–Crippen MR) is 96.0 cm³/mol. The smallest absolute Gasteiger partial charge is 0.273 e. The van der Waals surface area contributed by atoms with Crippen molar-refractivity contribution in [3.8, 4) is 28.5 Å². The Morgan fingerprint density at radius 3 is 2.81 bits per heavy atom. The lowest BCUT2D eigenvalue weighted by molar-refractivity contribution is 0.102. The maximum Gasteiger partial charge on any atom is 0.273 e. The first kappa shape index (κ1) is 16.0. The number of aromatic amines is 1. The Hall–Kier alpha value is -3.48. The molecule has 2 heterocycles. The van der Waals surface area contributed by atoms with Crippen LogP contribution >= 0.6 is 0 Å². The molecule has 0 saturated carbocycles. The summed E-state index contributed by atoms with van der Waals surface area (Å²) in [5, 5.41) is 9.80. The van der Waals surface area contributed by atoms with Crippen LogP contribution in [0.15, 0.2) is 48.5 Å². The number of anilines is 1. The Balaban J connectivity index is 1.51. The third kappa shape index (κ3) is 3.19. The Morgan fingerprint density at radius 1 is 1.12 bits per heavy atom. The molecule has 0 spiro atoms. The van der Waals surface area contributed by atoms with Crippen LogP contribution in [-0.2, 0) is 0 Å². The first-order chi connectivity index (χ1) is 12.7. The molecule has 0 unspecified atom stereocenters. The number of methoxy groups -OCH3 is 1. The Bertz CT molecular complexity index is 951. The van der Waals surface area contributed by atoms with Gasteiger partial charge in [0.25, 0.3) is 5.91 Å². The molecule has 1 aliphatic heterocycles. The molecule has 132 valence electrons. The SMILES string of the molecule is COc1cccc(-c2cc(C(=O)Nc3ccc4c(c3)OCCO4)[nH]n2)c1. The first-order valence-electron chi connectivity index (χ1n) is 8.14. The zero-order chi connectivity index (χ0) is 17.9. The van der Waals surface area contributed by atoms with Crippen LogP contribution in [0.5, 0.6) is 17.2 Å². The second-order valence-corrected chi connectivity index (χ2v) is 5.71. The fourth-order valence-electron chi connectivity index (χ4n) is 2.69. The standard InChI is InChI=1S/C19H17N3O4/c1-24-14-4-2-3-12(9-14)15-11-16(22-21-15)19(23)20-13-5-6-17-18(10-13)26-8-7-25-17/h2-6,9-11H,7-8H2,1H3,(H,20,23)(H,21,22). The van der Waals surface area contributed by atoms with Crippen LogP contribution in [0.2, 0.25) is 0 Å². The molecule has 0 fully saturated rings. The largest absolute Gasteiger partial charge is 0.497 e. The van der Waals surface area contributed by atoms with Crippen LogP contribution in [0.3, 0.4) is 0 Å². The van der Waals surface area contributed by atoms with Gasteiger partial charge in [0.05, 0.1) is 12.8 Å². The summed E-state index contributed by atoms with van der Waals surface area (Å²) in [4.78, 5) is 12.5. The van der Waals surface area contributed by atoms with E-state index < -0.39 is 0 Å². The molecule has 0 aliphatic carbocycles. The number of nitrogens with one attached hydrogen (secondary N) is 2. The Labute approximate surface area is 149 Å². The molecule has 1 aliphatic rings. The highest BCUT2D eigenvalue weighted by Gasteiger charge is 2.15. The van der Waals surface area contributed by atoms with Gasteiger partial charge in [0.2, 0.25) is 0 Å². The maximum absolute atomic E-state index is 12.5. The van der Waals surface area contributed by atoms with Crippen molar-refractivity contribution in [2.24, 2.45) is 0 Å². The minimum atomic E-state index is -0.289. The third-order valence-corrected chi connectivity index (χ3v) is 3.99. The highest BCUT2D eigenvalue weighted by Crippen LogP contribution is 2.32. The van der Waals surface area contributed by atoms with Crippen LogP contribution in [-0.4, -0.2) is 36.4 Å². The summed E-state index contributed by atoms with van der Waals surface area (Å²) in [6.45, 7) is 1.02. The zero-order valence-electron chi connectivity index (χ0n) is 14.1. The molecule has 2 N–H and O–H groups in total. The number of H-pyrrole nitrogens is 1. The van der Waals surface area contributed by atoms with Gasteiger partial charge < -0.3 is 19.5 Å². The van der Waals surface area contributed by atoms with Crippen LogP contribution in [0.1, 0.15) is 10.5 Å². The van der Waals surface area contributed by atoms with E-state index in [-0.39, 0.29) is 5.91 Å². The number of carbonyl (C=O) groups is 1. The van der Waals surface area contributed by atoms with Gasteiger partial charge >= 0.3 is 0 Å². The lowest BCUT2D eigenvalue weighted by Crippen LogP contribution is -2.16. The van der Waals surface area contributed by atoms with E-state index in [1.54, 1.807) is 31.4 Å². The van der Waals surface area contributed by atoms with Crippen LogP contribution < -0.4 is 19.5 Å². The molecule has 2 aromatic carbocycles. The number of nitrogens with zero attached hydrogens (tertiary/aromatic N) is 1. The maximum atomic E-state index is 12.5. The second kappa shape index (κ2) is 6.79. The minimum absolute atomic E-state index is 0.289. The zero-order valence-corrected chi connectivity index (χ0v) is 14.1. The van der Waals surface area contributed by atoms with Crippen molar-refractivity contribution in [2.45, 2.75) is 0 Å². The van der Waals surface area contributed by atoms with Gasteiger partial charge in [-0.15, -0.1) is 0 Å². The molecule has 0 bridgehead atoms. The predicted octanol–water partition coefficient (Wildman–Crippen LogP) is 3.11. The molecule has 1 amide bonds. The number of carbonyl (C=O) groups excluding carboxylic acids is 1. The van der Waals surface area contributed by atoms with E-state index in [2.05, 4.69) is 15.5 Å². The summed E-state index contributed by atoms with van der Waals surface area (Å²) < 4.78 is 16.2. The number of rotatable bonds is 4. The molecule has 3 aromatic rings. The summed E-state index contributed by atoms with van der Waals surface area (Å²) >= 11 is 0. The summed E-state index contributed by atoms with van der Waals surface area (Å²) in [6, 6.07) is 14.5. The van der Waals surface area contributed by atoms with Gasteiger partial charge in [0, 0.05) is 17.3 Å². The monoisotopic (exact) mass is 351 g/mol. The van der Waals surface area contributed by atoms with E-state index in [9.17, 15) is 4.79 Å². The fourth-order valence-corrected chi connectivity index (χ4v) is 2.69. The van der Waals surface area contributed by atoms with Crippen molar-refractivity contribution in [3.63, 3.8) is 0 Å². The number of hydrogen-bond acceptors (Lipinski definition) is 5. The summed E-state index contributed by atoms with van der Waals surface area (Å²) in [6.07, 6.45) is 0. The number of aromatic nitrogens is 2. The number of ether oxygens (including phenoxy) is 3. The lowest BCUT2D eigenvalue weighted by atomic mass is 10.1. The number of hydrogen-bond donors (Lipinski definition) is 2. The van der Waals surface area contributed by atoms with E-state index in [1.807, 2.05) is 24.3 Å². The number of benzene rings is 2. The number of amides is 1. The molecule has 26 heavy (non-hydrogen) atoms. The molecule has 0 radical (unpaired) electrons. The highest BCUT2D eigenvalue weighted by molar-refractivity contribution is 6.03. The van der Waals surface area contributed by atoms with E-state index in [1.165, 1.54) is 0 Å². The lowest BCUT2D eigenvalue weighted by Gasteiger charge is -2.18. The van der Waals surface area contributed by atoms with Gasteiger partial charge in [-0.05, 0) is 30.3 Å². The fraction of sp³-hybridized carbons (Fsp3) is 0.158. The molecule has 0 atom stereocenters. The van der Waals surface area contributed by atoms with E-state index >= 15 is 0 Å². The molecule has 7 heteroatoms. The summed E-state index contributed by atoms with van der Waals surface area (Å²) in [5.41, 5.74) is 2.50. The summed E-state index contributed by atoms with van der Waals surface area (Å²) in [7, 11) is 1.61. The second-order valence-electron chi connectivity index (χ2n) is 5.71.